The molecule has 2 atom stereocenters. The van der Waals surface area contributed by atoms with E-state index >= 15 is 0 Å². The maximum atomic E-state index is 9.91. The van der Waals surface area contributed by atoms with Crippen LogP contribution in [0, 0.1) is 0 Å². The molecule has 0 fully saturated rings. The average molecular weight is 300 g/mol. The highest BCUT2D eigenvalue weighted by Gasteiger charge is 2.19. The fourth-order valence-electron chi connectivity index (χ4n) is 3.09. The Morgan fingerprint density at radius 2 is 2.18 bits per heavy atom. The lowest BCUT2D eigenvalue weighted by atomic mass is 9.97. The topological polar surface area (TPSA) is 29.5 Å². The van der Waals surface area contributed by atoms with Crippen molar-refractivity contribution in [2.45, 2.75) is 58.0 Å². The van der Waals surface area contributed by atoms with Crippen LogP contribution in [0.4, 0.5) is 0 Å². The maximum absolute atomic E-state index is 9.91. The van der Waals surface area contributed by atoms with Crippen LogP contribution in [0.15, 0.2) is 47.6 Å². The average Bonchev–Trinajstić information content (AvgIpc) is 2.86. The van der Waals surface area contributed by atoms with Crippen LogP contribution >= 0.6 is 0 Å². The zero-order valence-corrected chi connectivity index (χ0v) is 14.0. The van der Waals surface area contributed by atoms with Crippen molar-refractivity contribution in [2.75, 3.05) is 7.11 Å². The van der Waals surface area contributed by atoms with Crippen molar-refractivity contribution in [2.24, 2.45) is 0 Å². The third-order valence-electron chi connectivity index (χ3n) is 4.64. The van der Waals surface area contributed by atoms with Gasteiger partial charge >= 0.3 is 0 Å². The van der Waals surface area contributed by atoms with Crippen molar-refractivity contribution < 1.29 is 9.84 Å². The molecule has 1 aromatic rings. The summed E-state index contributed by atoms with van der Waals surface area (Å²) < 4.78 is 5.28. The van der Waals surface area contributed by atoms with Crippen LogP contribution in [0.3, 0.4) is 0 Å². The van der Waals surface area contributed by atoms with E-state index in [0.29, 0.717) is 5.92 Å². The Kier molecular flexibility index (Phi) is 6.26. The minimum atomic E-state index is -0.191. The maximum Gasteiger partial charge on any atom is 0.119 e. The zero-order chi connectivity index (χ0) is 15.9. The summed E-state index contributed by atoms with van der Waals surface area (Å²) >= 11 is 0. The molecule has 0 aliphatic heterocycles. The summed E-state index contributed by atoms with van der Waals surface area (Å²) in [6.45, 7) is 4.40. The molecule has 0 bridgehead atoms. The van der Waals surface area contributed by atoms with E-state index in [-0.39, 0.29) is 6.10 Å². The number of ether oxygens (including phenoxy) is 1. The number of hydrogen-bond donors (Lipinski definition) is 1. The zero-order valence-electron chi connectivity index (χ0n) is 14.0. The van der Waals surface area contributed by atoms with E-state index < -0.39 is 0 Å². The van der Waals surface area contributed by atoms with Crippen LogP contribution in [0.25, 0.3) is 0 Å². The third-order valence-corrected chi connectivity index (χ3v) is 4.64. The molecule has 1 N–H and O–H groups in total. The third kappa shape index (κ3) is 4.48. The van der Waals surface area contributed by atoms with Crippen LogP contribution in [0.1, 0.15) is 57.4 Å². The number of allylic oxidation sites excluding steroid dienone is 3. The first-order chi connectivity index (χ1) is 10.6. The Balaban J connectivity index is 1.78. The van der Waals surface area contributed by atoms with Crippen molar-refractivity contribution in [3.8, 4) is 5.75 Å². The Bertz CT molecular complexity index is 542. The van der Waals surface area contributed by atoms with Gasteiger partial charge in [0.1, 0.15) is 5.75 Å². The highest BCUT2D eigenvalue weighted by Crippen LogP contribution is 2.29. The van der Waals surface area contributed by atoms with Gasteiger partial charge < -0.3 is 9.84 Å². The number of aliphatic hydroxyl groups is 1. The summed E-state index contributed by atoms with van der Waals surface area (Å²) in [4.78, 5) is 0. The van der Waals surface area contributed by atoms with Crippen molar-refractivity contribution >= 4 is 0 Å². The van der Waals surface area contributed by atoms with Gasteiger partial charge in [0.15, 0.2) is 0 Å². The van der Waals surface area contributed by atoms with Crippen molar-refractivity contribution in [1.82, 2.24) is 0 Å². The first-order valence-electron chi connectivity index (χ1n) is 8.27. The standard InChI is InChI=1S/C20H28O2/c1-15(17-9-7-10-18(14-17)22-3)8-5-4-6-11-19-16(2)12-13-20(19)21/h4-5,7,9-10,14-15,20-21H,6,8,11-13H2,1-3H3. The number of benzene rings is 1. The summed E-state index contributed by atoms with van der Waals surface area (Å²) in [6, 6.07) is 8.30. The first-order valence-corrected chi connectivity index (χ1v) is 8.27. The molecule has 1 aliphatic carbocycles. The molecule has 0 saturated carbocycles. The second kappa shape index (κ2) is 8.19. The monoisotopic (exact) mass is 300 g/mol. The molecular formula is C20H28O2. The van der Waals surface area contributed by atoms with Gasteiger partial charge in [-0.2, -0.15) is 0 Å². The summed E-state index contributed by atoms with van der Waals surface area (Å²) in [7, 11) is 1.71. The van der Waals surface area contributed by atoms with Gasteiger partial charge in [-0.1, -0.05) is 36.8 Å². The van der Waals surface area contributed by atoms with E-state index in [1.807, 2.05) is 12.1 Å². The van der Waals surface area contributed by atoms with E-state index in [2.05, 4.69) is 38.1 Å². The molecule has 0 saturated heterocycles. The van der Waals surface area contributed by atoms with Crippen molar-refractivity contribution in [1.29, 1.82) is 0 Å². The van der Waals surface area contributed by atoms with Crippen LogP contribution in [-0.2, 0) is 0 Å². The van der Waals surface area contributed by atoms with E-state index in [1.54, 1.807) is 7.11 Å². The Hall–Kier alpha value is -1.54. The summed E-state index contributed by atoms with van der Waals surface area (Å²) in [6.07, 6.45) is 9.36. The van der Waals surface area contributed by atoms with Gasteiger partial charge in [0.05, 0.1) is 13.2 Å². The number of aliphatic hydroxyl groups excluding tert-OH is 1. The van der Waals surface area contributed by atoms with Crippen LogP contribution in [-0.4, -0.2) is 18.3 Å². The highest BCUT2D eigenvalue weighted by molar-refractivity contribution is 5.30. The fourth-order valence-corrected chi connectivity index (χ4v) is 3.09. The number of hydrogen-bond acceptors (Lipinski definition) is 2. The summed E-state index contributed by atoms with van der Waals surface area (Å²) in [5.41, 5.74) is 3.98. The predicted molar refractivity (Wildman–Crippen MR) is 92.3 cm³/mol. The Morgan fingerprint density at radius 3 is 2.86 bits per heavy atom. The lowest BCUT2D eigenvalue weighted by Gasteiger charge is -2.11. The van der Waals surface area contributed by atoms with Gasteiger partial charge in [-0.25, -0.2) is 0 Å². The van der Waals surface area contributed by atoms with E-state index in [9.17, 15) is 5.11 Å². The molecule has 1 aliphatic rings. The van der Waals surface area contributed by atoms with Gasteiger partial charge in [0, 0.05) is 0 Å². The quantitative estimate of drug-likeness (QED) is 0.718. The second-order valence-corrected chi connectivity index (χ2v) is 6.28. The number of rotatable bonds is 7. The molecule has 120 valence electrons. The van der Waals surface area contributed by atoms with E-state index in [4.69, 9.17) is 4.74 Å². The molecule has 2 nitrogen and oxygen atoms in total. The molecule has 1 aromatic carbocycles. The normalized spacial score (nSPS) is 19.9. The lowest BCUT2D eigenvalue weighted by molar-refractivity contribution is 0.208. The molecule has 0 spiro atoms. The fraction of sp³-hybridized carbons (Fsp3) is 0.500. The van der Waals surface area contributed by atoms with E-state index in [1.165, 1.54) is 16.7 Å². The van der Waals surface area contributed by atoms with Crippen molar-refractivity contribution in [3.63, 3.8) is 0 Å². The van der Waals surface area contributed by atoms with Gasteiger partial charge in [-0.05, 0) is 68.2 Å². The second-order valence-electron chi connectivity index (χ2n) is 6.28. The van der Waals surface area contributed by atoms with Gasteiger partial charge in [0.25, 0.3) is 0 Å². The Morgan fingerprint density at radius 1 is 1.36 bits per heavy atom. The molecule has 0 amide bonds. The molecule has 2 rings (SSSR count). The van der Waals surface area contributed by atoms with Gasteiger partial charge in [-0.15, -0.1) is 0 Å². The van der Waals surface area contributed by atoms with Crippen LogP contribution in [0.2, 0.25) is 0 Å². The molecule has 2 unspecified atom stereocenters. The largest absolute Gasteiger partial charge is 0.497 e. The SMILES string of the molecule is COc1cccc(C(C)CC=CCCC2=C(C)CCC2O)c1. The van der Waals surface area contributed by atoms with Gasteiger partial charge in [0.2, 0.25) is 0 Å². The predicted octanol–water partition coefficient (Wildman–Crippen LogP) is 5.00. The molecule has 2 heteroatoms. The molecular weight excluding hydrogens is 272 g/mol. The molecule has 0 aromatic heterocycles. The molecule has 0 radical (unpaired) electrons. The minimum absolute atomic E-state index is 0.191. The minimum Gasteiger partial charge on any atom is -0.497 e. The van der Waals surface area contributed by atoms with Crippen LogP contribution < -0.4 is 4.74 Å². The highest BCUT2D eigenvalue weighted by atomic mass is 16.5. The van der Waals surface area contributed by atoms with E-state index in [0.717, 1.165) is 37.9 Å². The van der Waals surface area contributed by atoms with Crippen molar-refractivity contribution in [3.05, 3.63) is 53.1 Å². The summed E-state index contributed by atoms with van der Waals surface area (Å²) in [5.74, 6) is 1.41. The molecule has 22 heavy (non-hydrogen) atoms. The summed E-state index contributed by atoms with van der Waals surface area (Å²) in [5, 5.41) is 9.91. The molecule has 0 heterocycles. The first kappa shape index (κ1) is 16.8. The van der Waals surface area contributed by atoms with Crippen LogP contribution in [0.5, 0.6) is 5.75 Å². The number of methoxy groups -OCH3 is 1. The lowest BCUT2D eigenvalue weighted by Crippen LogP contribution is -2.04. The smallest absolute Gasteiger partial charge is 0.119 e. The Labute approximate surface area is 134 Å². The van der Waals surface area contributed by atoms with Gasteiger partial charge in [-0.3, -0.25) is 0 Å².